The van der Waals surface area contributed by atoms with Crippen molar-refractivity contribution < 1.29 is 14.3 Å². The molecule has 0 saturated carbocycles. The summed E-state index contributed by atoms with van der Waals surface area (Å²) in [5.41, 5.74) is 3.85. The molecule has 1 aliphatic rings. The molecule has 1 heterocycles. The third-order valence-electron chi connectivity index (χ3n) is 5.27. The lowest BCUT2D eigenvalue weighted by atomic mass is 10.1. The van der Waals surface area contributed by atoms with Gasteiger partial charge in [-0.15, -0.1) is 11.8 Å². The number of carbonyl (C=O) groups excluding carboxylic acids is 2. The number of amides is 2. The van der Waals surface area contributed by atoms with Gasteiger partial charge in [0.1, 0.15) is 5.37 Å². The highest BCUT2D eigenvalue weighted by Gasteiger charge is 2.32. The van der Waals surface area contributed by atoms with E-state index in [1.165, 1.54) is 0 Å². The van der Waals surface area contributed by atoms with Crippen molar-refractivity contribution in [2.24, 2.45) is 0 Å². The largest absolute Gasteiger partial charge is 0.375 e. The van der Waals surface area contributed by atoms with E-state index >= 15 is 0 Å². The van der Waals surface area contributed by atoms with Gasteiger partial charge in [-0.2, -0.15) is 0 Å². The minimum absolute atomic E-state index is 0.0359. The minimum atomic E-state index is -0.129. The van der Waals surface area contributed by atoms with Crippen LogP contribution >= 0.6 is 11.8 Å². The highest BCUT2D eigenvalue weighted by atomic mass is 32.2. The van der Waals surface area contributed by atoms with E-state index in [1.807, 2.05) is 89.8 Å². The number of nitrogens with one attached hydrogen (secondary N) is 1. The van der Waals surface area contributed by atoms with Crippen LogP contribution in [0, 0.1) is 0 Å². The van der Waals surface area contributed by atoms with Crippen molar-refractivity contribution in [2.45, 2.75) is 18.5 Å². The SMILES string of the molecule is O=C(NCCOCc1ccccc1)c1ccc([C@@H]2SCC(=O)N2Cc2ccccc2)cc1. The molecule has 5 nitrogen and oxygen atoms in total. The molecule has 1 saturated heterocycles. The summed E-state index contributed by atoms with van der Waals surface area (Å²) in [6.07, 6.45) is 0. The molecule has 3 aromatic carbocycles. The summed E-state index contributed by atoms with van der Waals surface area (Å²) in [6.45, 7) is 2.02. The number of hydrogen-bond acceptors (Lipinski definition) is 4. The summed E-state index contributed by atoms with van der Waals surface area (Å²) in [6, 6.07) is 27.5. The van der Waals surface area contributed by atoms with Crippen molar-refractivity contribution >= 4 is 23.6 Å². The van der Waals surface area contributed by atoms with Crippen molar-refractivity contribution in [1.29, 1.82) is 0 Å². The first kappa shape index (κ1) is 22.1. The lowest BCUT2D eigenvalue weighted by molar-refractivity contribution is -0.128. The van der Waals surface area contributed by atoms with E-state index in [9.17, 15) is 9.59 Å². The molecule has 0 spiro atoms. The molecule has 3 aromatic rings. The predicted octanol–water partition coefficient (Wildman–Crippen LogP) is 4.41. The summed E-state index contributed by atoms with van der Waals surface area (Å²) in [7, 11) is 0. The maximum Gasteiger partial charge on any atom is 0.251 e. The molecule has 4 rings (SSSR count). The van der Waals surface area contributed by atoms with Gasteiger partial charge >= 0.3 is 0 Å². The topological polar surface area (TPSA) is 58.6 Å². The monoisotopic (exact) mass is 446 g/mol. The smallest absolute Gasteiger partial charge is 0.251 e. The molecule has 0 bridgehead atoms. The van der Waals surface area contributed by atoms with E-state index in [4.69, 9.17) is 4.74 Å². The average Bonchev–Trinajstić information content (AvgIpc) is 3.20. The fraction of sp³-hybridized carbons (Fsp3) is 0.231. The van der Waals surface area contributed by atoms with Gasteiger partial charge < -0.3 is 15.0 Å². The molecule has 1 fully saturated rings. The Morgan fingerprint density at radius 2 is 1.59 bits per heavy atom. The van der Waals surface area contributed by atoms with Crippen LogP contribution in [0.25, 0.3) is 0 Å². The van der Waals surface area contributed by atoms with E-state index in [0.717, 1.165) is 16.7 Å². The zero-order chi connectivity index (χ0) is 22.2. The number of benzene rings is 3. The first-order valence-corrected chi connectivity index (χ1v) is 11.7. The predicted molar refractivity (Wildman–Crippen MR) is 127 cm³/mol. The Hall–Kier alpha value is -3.09. The minimum Gasteiger partial charge on any atom is -0.375 e. The molecule has 164 valence electrons. The molecule has 1 N–H and O–H groups in total. The van der Waals surface area contributed by atoms with Gasteiger partial charge in [-0.3, -0.25) is 9.59 Å². The summed E-state index contributed by atoms with van der Waals surface area (Å²) >= 11 is 1.62. The molecule has 1 aliphatic heterocycles. The highest BCUT2D eigenvalue weighted by Crippen LogP contribution is 2.39. The standard InChI is InChI=1S/C26H26N2O3S/c29-24-19-32-26(28(24)17-20-7-3-1-4-8-20)23-13-11-22(12-14-23)25(30)27-15-16-31-18-21-9-5-2-6-10-21/h1-14,26H,15-19H2,(H,27,30)/t26-/m0/s1. The molecule has 32 heavy (non-hydrogen) atoms. The summed E-state index contributed by atoms with van der Waals surface area (Å²) in [4.78, 5) is 26.8. The van der Waals surface area contributed by atoms with Gasteiger partial charge in [0.05, 0.1) is 19.0 Å². The third kappa shape index (κ3) is 5.78. The molecular formula is C26H26N2O3S. The van der Waals surface area contributed by atoms with Crippen LogP contribution in [0.3, 0.4) is 0 Å². The second kappa shape index (κ2) is 11.0. The highest BCUT2D eigenvalue weighted by molar-refractivity contribution is 8.00. The Labute approximate surface area is 192 Å². The zero-order valence-electron chi connectivity index (χ0n) is 17.8. The van der Waals surface area contributed by atoms with Gasteiger partial charge in [-0.1, -0.05) is 72.8 Å². The van der Waals surface area contributed by atoms with Gasteiger partial charge in [0.15, 0.2) is 0 Å². The van der Waals surface area contributed by atoms with Crippen LogP contribution in [0.4, 0.5) is 0 Å². The van der Waals surface area contributed by atoms with Crippen LogP contribution in [0.15, 0.2) is 84.9 Å². The van der Waals surface area contributed by atoms with E-state index in [0.29, 0.717) is 37.6 Å². The molecule has 0 unspecified atom stereocenters. The van der Waals surface area contributed by atoms with Crippen LogP contribution in [0.1, 0.15) is 32.4 Å². The lowest BCUT2D eigenvalue weighted by Crippen LogP contribution is -2.28. The fourth-order valence-corrected chi connectivity index (χ4v) is 4.77. The second-order valence-electron chi connectivity index (χ2n) is 7.59. The average molecular weight is 447 g/mol. The van der Waals surface area contributed by atoms with Crippen molar-refractivity contribution in [1.82, 2.24) is 10.2 Å². The Kier molecular flexibility index (Phi) is 7.59. The van der Waals surface area contributed by atoms with Crippen LogP contribution in [0.5, 0.6) is 0 Å². The van der Waals surface area contributed by atoms with Crippen LogP contribution < -0.4 is 5.32 Å². The van der Waals surface area contributed by atoms with Gasteiger partial charge in [0, 0.05) is 18.7 Å². The van der Waals surface area contributed by atoms with Crippen molar-refractivity contribution in [3.05, 3.63) is 107 Å². The molecule has 0 aromatic heterocycles. The quantitative estimate of drug-likeness (QED) is 0.495. The number of nitrogens with zero attached hydrogens (tertiary/aromatic N) is 1. The van der Waals surface area contributed by atoms with Crippen LogP contribution in [-0.4, -0.2) is 35.6 Å². The molecule has 2 amide bonds. The molecule has 0 radical (unpaired) electrons. The molecule has 6 heteroatoms. The van der Waals surface area contributed by atoms with Gasteiger partial charge in [-0.25, -0.2) is 0 Å². The maximum atomic E-state index is 12.4. The van der Waals surface area contributed by atoms with E-state index in [-0.39, 0.29) is 17.2 Å². The van der Waals surface area contributed by atoms with Crippen LogP contribution in [-0.2, 0) is 22.7 Å². The fourth-order valence-electron chi connectivity index (χ4n) is 3.58. The van der Waals surface area contributed by atoms with E-state index in [1.54, 1.807) is 11.8 Å². The maximum absolute atomic E-state index is 12.4. The number of thioether (sulfide) groups is 1. The number of rotatable bonds is 9. The lowest BCUT2D eigenvalue weighted by Gasteiger charge is -2.24. The van der Waals surface area contributed by atoms with Gasteiger partial charge in [-0.05, 0) is 28.8 Å². The molecular weight excluding hydrogens is 420 g/mol. The summed E-state index contributed by atoms with van der Waals surface area (Å²) in [5, 5.41) is 2.85. The van der Waals surface area contributed by atoms with Gasteiger partial charge in [0.25, 0.3) is 5.91 Å². The van der Waals surface area contributed by atoms with E-state index < -0.39 is 0 Å². The zero-order valence-corrected chi connectivity index (χ0v) is 18.6. The molecule has 1 atom stereocenters. The summed E-state index contributed by atoms with van der Waals surface area (Å²) < 4.78 is 5.61. The van der Waals surface area contributed by atoms with Crippen LogP contribution in [0.2, 0.25) is 0 Å². The van der Waals surface area contributed by atoms with E-state index in [2.05, 4.69) is 5.32 Å². The van der Waals surface area contributed by atoms with Crippen molar-refractivity contribution in [3.8, 4) is 0 Å². The number of ether oxygens (including phenoxy) is 1. The van der Waals surface area contributed by atoms with Crippen molar-refractivity contribution in [3.63, 3.8) is 0 Å². The Bertz CT molecular complexity index is 1030. The second-order valence-corrected chi connectivity index (χ2v) is 8.66. The number of carbonyl (C=O) groups is 2. The van der Waals surface area contributed by atoms with Crippen molar-refractivity contribution in [2.75, 3.05) is 18.9 Å². The summed E-state index contributed by atoms with van der Waals surface area (Å²) in [5.74, 6) is 0.486. The normalized spacial score (nSPS) is 15.7. The first-order valence-electron chi connectivity index (χ1n) is 10.7. The number of hydrogen-bond donors (Lipinski definition) is 1. The van der Waals surface area contributed by atoms with Gasteiger partial charge in [0.2, 0.25) is 5.91 Å². The molecule has 0 aliphatic carbocycles. The Morgan fingerprint density at radius 1 is 0.938 bits per heavy atom. The third-order valence-corrected chi connectivity index (χ3v) is 6.52. The first-order chi connectivity index (χ1) is 15.7. The Balaban J connectivity index is 1.28. The Morgan fingerprint density at radius 3 is 2.28 bits per heavy atom.